The van der Waals surface area contributed by atoms with Gasteiger partial charge in [0, 0.05) is 48.6 Å². The van der Waals surface area contributed by atoms with Crippen LogP contribution in [0.2, 0.25) is 0 Å². The second-order valence-corrected chi connectivity index (χ2v) is 8.68. The van der Waals surface area contributed by atoms with Crippen molar-refractivity contribution in [2.45, 2.75) is 18.9 Å². The van der Waals surface area contributed by atoms with Crippen molar-refractivity contribution in [2.24, 2.45) is 5.92 Å². The number of rotatable bonds is 8. The summed E-state index contributed by atoms with van der Waals surface area (Å²) >= 11 is 0. The van der Waals surface area contributed by atoms with Crippen LogP contribution in [-0.4, -0.2) is 58.6 Å². The Morgan fingerprint density at radius 3 is 2.68 bits per heavy atom. The fourth-order valence-corrected chi connectivity index (χ4v) is 4.64. The minimum atomic E-state index is -0.873. The fourth-order valence-electron chi connectivity index (χ4n) is 4.64. The van der Waals surface area contributed by atoms with Gasteiger partial charge in [-0.2, -0.15) is 4.98 Å². The number of hydrogen-bond acceptors (Lipinski definition) is 8. The van der Waals surface area contributed by atoms with Gasteiger partial charge in [-0.15, -0.1) is 0 Å². The zero-order valence-corrected chi connectivity index (χ0v) is 20.3. The highest BCUT2D eigenvalue weighted by atomic mass is 19.1. The lowest BCUT2D eigenvalue weighted by atomic mass is 9.90. The number of hydrogen-bond donors (Lipinski definition) is 1. The molecule has 0 amide bonds. The van der Waals surface area contributed by atoms with Gasteiger partial charge in [-0.25, -0.2) is 18.7 Å². The van der Waals surface area contributed by atoms with E-state index in [1.165, 1.54) is 26.5 Å². The van der Waals surface area contributed by atoms with Crippen molar-refractivity contribution < 1.29 is 27.8 Å². The van der Waals surface area contributed by atoms with E-state index in [0.29, 0.717) is 42.3 Å². The summed E-state index contributed by atoms with van der Waals surface area (Å²) in [5.41, 5.74) is 0.642. The molecule has 9 nitrogen and oxygen atoms in total. The first-order valence-electron chi connectivity index (χ1n) is 11.7. The average Bonchev–Trinajstić information content (AvgIpc) is 3.41. The molecule has 4 heterocycles. The largest absolute Gasteiger partial charge is 0.494 e. The second-order valence-electron chi connectivity index (χ2n) is 8.68. The van der Waals surface area contributed by atoms with Gasteiger partial charge in [-0.3, -0.25) is 9.20 Å². The molecule has 2 atom stereocenters. The number of benzene rings is 1. The first kappa shape index (κ1) is 24.6. The first-order valence-corrected chi connectivity index (χ1v) is 11.7. The van der Waals surface area contributed by atoms with Gasteiger partial charge in [0.25, 0.3) is 0 Å². The molecule has 5 rings (SSSR count). The van der Waals surface area contributed by atoms with Gasteiger partial charge in [0.2, 0.25) is 5.95 Å². The second kappa shape index (κ2) is 10.1. The first-order chi connectivity index (χ1) is 17.9. The number of ketones is 1. The Kier molecular flexibility index (Phi) is 6.70. The lowest BCUT2D eigenvalue weighted by molar-refractivity contribution is -0.116. The molecule has 37 heavy (non-hydrogen) atoms. The standard InChI is InChI=1S/C26H25F2N5O4/c1-4-16(34)9-14-5-8-37-13-18(14)31-26-30-12-15-10-17(25-29-6-7-33(25)24(15)32-26)21-22(27)19(35-2)11-20(36-3)23(21)28/h4,6-7,10-12,14,18H,1,5,8-9,13H2,2-3H3,(H,30,31,32)/t14-,18-/m1/s1. The van der Waals surface area contributed by atoms with E-state index < -0.39 is 11.6 Å². The molecule has 0 radical (unpaired) electrons. The molecule has 1 fully saturated rings. The van der Waals surface area contributed by atoms with E-state index in [-0.39, 0.29) is 40.4 Å². The molecule has 1 N–H and O–H groups in total. The van der Waals surface area contributed by atoms with Crippen molar-refractivity contribution in [3.05, 3.63) is 55.0 Å². The van der Waals surface area contributed by atoms with E-state index in [1.54, 1.807) is 22.9 Å². The summed E-state index contributed by atoms with van der Waals surface area (Å²) in [6.45, 7) is 4.54. The SMILES string of the molecule is C=CC(=O)C[C@H]1CCOC[C@H]1Nc1ncc2cc(-c3c(F)c(OC)cc(OC)c3F)c3nccn3c2n1. The van der Waals surface area contributed by atoms with Crippen molar-refractivity contribution in [1.29, 1.82) is 0 Å². The lowest BCUT2D eigenvalue weighted by Gasteiger charge is -2.31. The van der Waals surface area contributed by atoms with E-state index in [0.717, 1.165) is 12.5 Å². The molecule has 0 spiro atoms. The molecule has 0 aliphatic carbocycles. The molecule has 1 aliphatic heterocycles. The summed E-state index contributed by atoms with van der Waals surface area (Å²) in [6, 6.07) is 2.57. The molecule has 0 saturated carbocycles. The van der Waals surface area contributed by atoms with E-state index in [2.05, 4.69) is 26.8 Å². The summed E-state index contributed by atoms with van der Waals surface area (Å²) < 4.78 is 48.0. The number of allylic oxidation sites excluding steroid dienone is 1. The number of halogens is 2. The zero-order chi connectivity index (χ0) is 26.1. The van der Waals surface area contributed by atoms with Crippen LogP contribution in [0, 0.1) is 17.6 Å². The molecule has 0 unspecified atom stereocenters. The number of nitrogens with zero attached hydrogens (tertiary/aromatic N) is 4. The molecule has 1 aromatic carbocycles. The van der Waals surface area contributed by atoms with Crippen molar-refractivity contribution in [3.8, 4) is 22.6 Å². The Hall–Kier alpha value is -4.12. The van der Waals surface area contributed by atoms with Crippen LogP contribution in [0.5, 0.6) is 11.5 Å². The van der Waals surface area contributed by atoms with Gasteiger partial charge < -0.3 is 19.5 Å². The predicted molar refractivity (Wildman–Crippen MR) is 133 cm³/mol. The highest BCUT2D eigenvalue weighted by Gasteiger charge is 2.28. The van der Waals surface area contributed by atoms with Gasteiger partial charge >= 0.3 is 0 Å². The number of nitrogens with one attached hydrogen (secondary N) is 1. The predicted octanol–water partition coefficient (Wildman–Crippen LogP) is 4.20. The van der Waals surface area contributed by atoms with E-state index in [4.69, 9.17) is 14.2 Å². The molecular weight excluding hydrogens is 484 g/mol. The monoisotopic (exact) mass is 509 g/mol. The summed E-state index contributed by atoms with van der Waals surface area (Å²) in [6.07, 6.45) is 7.15. The fraction of sp³-hybridized carbons (Fsp3) is 0.308. The average molecular weight is 510 g/mol. The number of pyridine rings is 1. The van der Waals surface area contributed by atoms with E-state index in [9.17, 15) is 4.79 Å². The third-order valence-electron chi connectivity index (χ3n) is 6.55. The number of aromatic nitrogens is 4. The number of anilines is 1. The molecule has 11 heteroatoms. The quantitative estimate of drug-likeness (QED) is 0.353. The van der Waals surface area contributed by atoms with E-state index in [1.807, 2.05) is 0 Å². The maximum Gasteiger partial charge on any atom is 0.224 e. The summed E-state index contributed by atoms with van der Waals surface area (Å²) in [5, 5.41) is 3.82. The maximum absolute atomic E-state index is 15.3. The van der Waals surface area contributed by atoms with Gasteiger partial charge in [0.1, 0.15) is 5.65 Å². The van der Waals surface area contributed by atoms with Gasteiger partial charge in [0.05, 0.1) is 32.4 Å². The number of carbonyl (C=O) groups excluding carboxylic acids is 1. The molecule has 4 aromatic rings. The van der Waals surface area contributed by atoms with Crippen molar-refractivity contribution in [1.82, 2.24) is 19.4 Å². The normalized spacial score (nSPS) is 17.6. The topological polar surface area (TPSA) is 99.9 Å². The van der Waals surface area contributed by atoms with Gasteiger partial charge in [-0.1, -0.05) is 6.58 Å². The Balaban J connectivity index is 1.58. The van der Waals surface area contributed by atoms with Crippen LogP contribution in [0.3, 0.4) is 0 Å². The van der Waals surface area contributed by atoms with Crippen LogP contribution >= 0.6 is 0 Å². The molecule has 3 aromatic heterocycles. The molecule has 1 aliphatic rings. The summed E-state index contributed by atoms with van der Waals surface area (Å²) in [4.78, 5) is 25.4. The smallest absolute Gasteiger partial charge is 0.224 e. The minimum Gasteiger partial charge on any atom is -0.494 e. The van der Waals surface area contributed by atoms with Crippen LogP contribution in [0.15, 0.2) is 43.4 Å². The lowest BCUT2D eigenvalue weighted by Crippen LogP contribution is -2.40. The number of fused-ring (bicyclic) bond motifs is 3. The third-order valence-corrected chi connectivity index (χ3v) is 6.55. The van der Waals surface area contributed by atoms with Crippen molar-refractivity contribution in [3.63, 3.8) is 0 Å². The van der Waals surface area contributed by atoms with Crippen molar-refractivity contribution in [2.75, 3.05) is 32.8 Å². The van der Waals surface area contributed by atoms with E-state index >= 15 is 8.78 Å². The summed E-state index contributed by atoms with van der Waals surface area (Å²) in [5.74, 6) is -1.71. The van der Waals surface area contributed by atoms with Crippen LogP contribution in [0.25, 0.3) is 27.8 Å². The van der Waals surface area contributed by atoms with Crippen LogP contribution < -0.4 is 14.8 Å². The van der Waals surface area contributed by atoms with Crippen LogP contribution in [0.4, 0.5) is 14.7 Å². The Bertz CT molecular complexity index is 1480. The molecular formula is C26H25F2N5O4. The Morgan fingerprint density at radius 2 is 1.97 bits per heavy atom. The maximum atomic E-state index is 15.3. The third kappa shape index (κ3) is 4.46. The number of imidazole rings is 1. The highest BCUT2D eigenvalue weighted by Crippen LogP contribution is 2.40. The Labute approximate surface area is 211 Å². The Morgan fingerprint density at radius 1 is 1.22 bits per heavy atom. The zero-order valence-electron chi connectivity index (χ0n) is 20.3. The number of ether oxygens (including phenoxy) is 3. The molecule has 192 valence electrons. The van der Waals surface area contributed by atoms with Crippen LogP contribution in [0.1, 0.15) is 12.8 Å². The van der Waals surface area contributed by atoms with Crippen LogP contribution in [-0.2, 0) is 9.53 Å². The number of carbonyl (C=O) groups is 1. The minimum absolute atomic E-state index is 0.0283. The summed E-state index contributed by atoms with van der Waals surface area (Å²) in [7, 11) is 2.59. The highest BCUT2D eigenvalue weighted by molar-refractivity contribution is 5.91. The van der Waals surface area contributed by atoms with Crippen molar-refractivity contribution >= 4 is 28.4 Å². The molecule has 1 saturated heterocycles. The number of methoxy groups -OCH3 is 2. The molecule has 0 bridgehead atoms. The van der Waals surface area contributed by atoms with Gasteiger partial charge in [0.15, 0.2) is 34.6 Å². The van der Waals surface area contributed by atoms with Gasteiger partial charge in [-0.05, 0) is 24.5 Å².